The van der Waals surface area contributed by atoms with Crippen LogP contribution in [-0.2, 0) is 4.79 Å². The van der Waals surface area contributed by atoms with Gasteiger partial charge in [-0.3, -0.25) is 9.78 Å². The average molecular weight is 323 g/mol. The summed E-state index contributed by atoms with van der Waals surface area (Å²) in [4.78, 5) is 20.9. The lowest BCUT2D eigenvalue weighted by atomic mass is 10.0. The Labute approximate surface area is 138 Å². The Morgan fingerprint density at radius 3 is 2.79 bits per heavy atom. The summed E-state index contributed by atoms with van der Waals surface area (Å²) in [6, 6.07) is 10.8. The number of benzene rings is 1. The number of aliphatic hydroxyl groups is 1. The molecule has 1 aliphatic rings. The molecule has 122 valence electrons. The summed E-state index contributed by atoms with van der Waals surface area (Å²) in [5.74, 6) is 0.0762. The standard InChI is InChI=1S/C18H17N3O3/c22-17(18(23)8-2-3-9-18)20-12-6-7-13-15(11-12)24-16(21-13)14-5-1-4-10-19-14/h1,4-7,10-11,23H,2-3,8-9H2,(H,20,22). The number of hydrogen-bond donors (Lipinski definition) is 2. The molecular formula is C18H17N3O3. The van der Waals surface area contributed by atoms with E-state index in [0.717, 1.165) is 12.8 Å². The van der Waals surface area contributed by atoms with E-state index < -0.39 is 5.60 Å². The maximum Gasteiger partial charge on any atom is 0.256 e. The number of pyridine rings is 1. The van der Waals surface area contributed by atoms with Gasteiger partial charge in [-0.05, 0) is 49.9 Å². The van der Waals surface area contributed by atoms with Crippen LogP contribution in [0.15, 0.2) is 47.0 Å². The minimum absolute atomic E-state index is 0.358. The molecule has 1 fully saturated rings. The molecule has 0 bridgehead atoms. The lowest BCUT2D eigenvalue weighted by Gasteiger charge is -2.20. The zero-order valence-electron chi connectivity index (χ0n) is 13.0. The number of hydrogen-bond acceptors (Lipinski definition) is 5. The number of carbonyl (C=O) groups is 1. The van der Waals surface area contributed by atoms with Gasteiger partial charge in [0.15, 0.2) is 5.58 Å². The van der Waals surface area contributed by atoms with E-state index in [1.165, 1.54) is 0 Å². The van der Waals surface area contributed by atoms with E-state index in [9.17, 15) is 9.90 Å². The minimum Gasteiger partial charge on any atom is -0.435 e. The molecule has 0 spiro atoms. The summed E-state index contributed by atoms with van der Waals surface area (Å²) in [7, 11) is 0. The van der Waals surface area contributed by atoms with Crippen molar-refractivity contribution in [3.05, 3.63) is 42.6 Å². The third kappa shape index (κ3) is 2.65. The van der Waals surface area contributed by atoms with Gasteiger partial charge in [-0.2, -0.15) is 0 Å². The molecule has 6 nitrogen and oxygen atoms in total. The van der Waals surface area contributed by atoms with Crippen LogP contribution in [0.3, 0.4) is 0 Å². The molecule has 3 aromatic rings. The number of carbonyl (C=O) groups excluding carboxylic acids is 1. The Morgan fingerprint density at radius 1 is 1.21 bits per heavy atom. The van der Waals surface area contributed by atoms with Crippen molar-refractivity contribution < 1.29 is 14.3 Å². The molecule has 0 aliphatic heterocycles. The first-order chi connectivity index (χ1) is 11.6. The fourth-order valence-corrected chi connectivity index (χ4v) is 3.04. The van der Waals surface area contributed by atoms with Crippen molar-refractivity contribution in [2.24, 2.45) is 0 Å². The first kappa shape index (κ1) is 14.8. The number of aromatic nitrogens is 2. The predicted octanol–water partition coefficient (Wildman–Crippen LogP) is 3.13. The molecule has 4 rings (SSSR count). The second-order valence-corrected chi connectivity index (χ2v) is 6.11. The first-order valence-corrected chi connectivity index (χ1v) is 8.00. The van der Waals surface area contributed by atoms with E-state index in [1.54, 1.807) is 24.4 Å². The maximum atomic E-state index is 12.3. The van der Waals surface area contributed by atoms with E-state index in [-0.39, 0.29) is 5.91 Å². The molecular weight excluding hydrogens is 306 g/mol. The number of anilines is 1. The van der Waals surface area contributed by atoms with Gasteiger partial charge >= 0.3 is 0 Å². The second kappa shape index (κ2) is 5.72. The van der Waals surface area contributed by atoms with Crippen molar-refractivity contribution in [3.63, 3.8) is 0 Å². The summed E-state index contributed by atoms with van der Waals surface area (Å²) in [5, 5.41) is 13.1. The normalized spacial score (nSPS) is 16.4. The van der Waals surface area contributed by atoms with Crippen molar-refractivity contribution in [1.29, 1.82) is 0 Å². The van der Waals surface area contributed by atoms with Crippen LogP contribution in [0.5, 0.6) is 0 Å². The van der Waals surface area contributed by atoms with E-state index in [4.69, 9.17) is 4.42 Å². The summed E-state index contributed by atoms with van der Waals surface area (Å²) >= 11 is 0. The smallest absolute Gasteiger partial charge is 0.256 e. The highest BCUT2D eigenvalue weighted by Gasteiger charge is 2.38. The summed E-state index contributed by atoms with van der Waals surface area (Å²) in [6.07, 6.45) is 4.44. The Kier molecular flexibility index (Phi) is 3.54. The minimum atomic E-state index is -1.25. The highest BCUT2D eigenvalue weighted by molar-refractivity contribution is 5.98. The molecule has 1 aliphatic carbocycles. The molecule has 2 heterocycles. The summed E-state index contributed by atoms with van der Waals surface area (Å²) in [5.41, 5.74) is 1.23. The molecule has 2 N–H and O–H groups in total. The van der Waals surface area contributed by atoms with Crippen LogP contribution in [0.2, 0.25) is 0 Å². The van der Waals surface area contributed by atoms with Gasteiger partial charge in [0.05, 0.1) is 0 Å². The van der Waals surface area contributed by atoms with Crippen LogP contribution >= 0.6 is 0 Å². The molecule has 24 heavy (non-hydrogen) atoms. The first-order valence-electron chi connectivity index (χ1n) is 8.00. The van der Waals surface area contributed by atoms with Gasteiger partial charge in [0.25, 0.3) is 5.91 Å². The summed E-state index contributed by atoms with van der Waals surface area (Å²) in [6.45, 7) is 0. The molecule has 0 radical (unpaired) electrons. The van der Waals surface area contributed by atoms with Crippen molar-refractivity contribution >= 4 is 22.7 Å². The molecule has 0 atom stereocenters. The largest absolute Gasteiger partial charge is 0.435 e. The van der Waals surface area contributed by atoms with Gasteiger partial charge in [0.1, 0.15) is 16.8 Å². The Morgan fingerprint density at radius 2 is 2.04 bits per heavy atom. The fourth-order valence-electron chi connectivity index (χ4n) is 3.04. The fraction of sp³-hybridized carbons (Fsp3) is 0.278. The van der Waals surface area contributed by atoms with Gasteiger partial charge in [-0.15, -0.1) is 0 Å². The van der Waals surface area contributed by atoms with Crippen molar-refractivity contribution in [2.45, 2.75) is 31.3 Å². The number of amides is 1. The van der Waals surface area contributed by atoms with Gasteiger partial charge in [0, 0.05) is 18.0 Å². The van der Waals surface area contributed by atoms with Gasteiger partial charge in [-0.1, -0.05) is 6.07 Å². The number of nitrogens with one attached hydrogen (secondary N) is 1. The number of nitrogens with zero attached hydrogens (tertiary/aromatic N) is 2. The highest BCUT2D eigenvalue weighted by Crippen LogP contribution is 2.31. The zero-order chi connectivity index (χ0) is 16.6. The molecule has 0 unspecified atom stereocenters. The SMILES string of the molecule is O=C(Nc1ccc2nc(-c3ccccn3)oc2c1)C1(O)CCCC1. The van der Waals surface area contributed by atoms with Crippen LogP contribution in [0.25, 0.3) is 22.7 Å². The van der Waals surface area contributed by atoms with Crippen molar-refractivity contribution in [3.8, 4) is 11.6 Å². The van der Waals surface area contributed by atoms with Gasteiger partial charge in [-0.25, -0.2) is 4.98 Å². The Hall–Kier alpha value is -2.73. The molecule has 6 heteroatoms. The Bertz CT molecular complexity index is 883. The number of rotatable bonds is 3. The van der Waals surface area contributed by atoms with Crippen LogP contribution in [0.1, 0.15) is 25.7 Å². The molecule has 0 saturated heterocycles. The van der Waals surface area contributed by atoms with Crippen LogP contribution in [0, 0.1) is 0 Å². The number of oxazole rings is 1. The van der Waals surface area contributed by atoms with Crippen LogP contribution in [-0.4, -0.2) is 26.6 Å². The zero-order valence-corrected chi connectivity index (χ0v) is 13.0. The molecule has 1 saturated carbocycles. The topological polar surface area (TPSA) is 88.3 Å². The van der Waals surface area contributed by atoms with Crippen LogP contribution in [0.4, 0.5) is 5.69 Å². The third-order valence-corrected chi connectivity index (χ3v) is 4.38. The van der Waals surface area contributed by atoms with E-state index in [1.807, 2.05) is 18.2 Å². The van der Waals surface area contributed by atoms with Gasteiger partial charge < -0.3 is 14.8 Å². The third-order valence-electron chi connectivity index (χ3n) is 4.38. The monoisotopic (exact) mass is 323 g/mol. The lowest BCUT2D eigenvalue weighted by molar-refractivity contribution is -0.133. The molecule has 2 aromatic heterocycles. The van der Waals surface area contributed by atoms with E-state index >= 15 is 0 Å². The maximum absolute atomic E-state index is 12.3. The van der Waals surface area contributed by atoms with Crippen molar-refractivity contribution in [1.82, 2.24) is 9.97 Å². The highest BCUT2D eigenvalue weighted by atomic mass is 16.3. The predicted molar refractivity (Wildman–Crippen MR) is 89.3 cm³/mol. The van der Waals surface area contributed by atoms with Crippen LogP contribution < -0.4 is 5.32 Å². The lowest BCUT2D eigenvalue weighted by Crippen LogP contribution is -2.40. The van der Waals surface area contributed by atoms with Gasteiger partial charge in [0.2, 0.25) is 5.89 Å². The Balaban J connectivity index is 1.60. The van der Waals surface area contributed by atoms with Crippen molar-refractivity contribution in [2.75, 3.05) is 5.32 Å². The number of fused-ring (bicyclic) bond motifs is 1. The average Bonchev–Trinajstić information content (AvgIpc) is 3.22. The second-order valence-electron chi connectivity index (χ2n) is 6.11. The van der Waals surface area contributed by atoms with E-state index in [0.29, 0.717) is 41.2 Å². The quantitative estimate of drug-likeness (QED) is 0.773. The summed E-state index contributed by atoms with van der Waals surface area (Å²) < 4.78 is 5.74. The molecule has 1 aromatic carbocycles. The van der Waals surface area contributed by atoms with E-state index in [2.05, 4.69) is 15.3 Å². The molecule has 1 amide bonds.